The summed E-state index contributed by atoms with van der Waals surface area (Å²) in [7, 11) is 3.09. The topological polar surface area (TPSA) is 47.6 Å². The molecule has 0 atom stereocenters. The number of methoxy groups -OCH3 is 2. The third kappa shape index (κ3) is 4.27. The van der Waals surface area contributed by atoms with Crippen molar-refractivity contribution < 1.29 is 14.3 Å². The van der Waals surface area contributed by atoms with E-state index in [0.717, 1.165) is 6.42 Å². The molecule has 4 nitrogen and oxygen atoms in total. The Morgan fingerprint density at radius 1 is 1.24 bits per heavy atom. The first-order valence-corrected chi connectivity index (χ1v) is 7.73. The summed E-state index contributed by atoms with van der Waals surface area (Å²) in [6, 6.07) is 3.33. The van der Waals surface area contributed by atoms with Crippen LogP contribution in [0, 0.1) is 5.92 Å². The average Bonchev–Trinajstić information content (AvgIpc) is 2.99. The Kier molecular flexibility index (Phi) is 5.74. The van der Waals surface area contributed by atoms with E-state index in [-0.39, 0.29) is 5.91 Å². The van der Waals surface area contributed by atoms with Crippen molar-refractivity contribution in [3.8, 4) is 11.5 Å². The number of hydrogen-bond acceptors (Lipinski definition) is 3. The molecule has 5 heteroatoms. The molecule has 2 rings (SSSR count). The molecule has 0 aliphatic heterocycles. The Hall–Kier alpha value is -1.42. The van der Waals surface area contributed by atoms with Crippen molar-refractivity contribution in [3.05, 3.63) is 17.2 Å². The second kappa shape index (κ2) is 7.55. The highest BCUT2D eigenvalue weighted by Gasteiger charge is 2.17. The summed E-state index contributed by atoms with van der Waals surface area (Å²) in [4.78, 5) is 12.1. The SMILES string of the molecule is COc1cc(OC)c(NC(=O)CCC2CCCC2)cc1Cl. The van der Waals surface area contributed by atoms with Crippen LogP contribution in [0.1, 0.15) is 38.5 Å². The summed E-state index contributed by atoms with van der Waals surface area (Å²) < 4.78 is 10.4. The zero-order valence-electron chi connectivity index (χ0n) is 12.6. The van der Waals surface area contributed by atoms with Gasteiger partial charge in [0.1, 0.15) is 11.5 Å². The van der Waals surface area contributed by atoms with Gasteiger partial charge in [-0.15, -0.1) is 0 Å². The van der Waals surface area contributed by atoms with Gasteiger partial charge >= 0.3 is 0 Å². The van der Waals surface area contributed by atoms with Crippen molar-refractivity contribution in [3.63, 3.8) is 0 Å². The number of ether oxygens (including phenoxy) is 2. The van der Waals surface area contributed by atoms with Crippen LogP contribution >= 0.6 is 11.6 Å². The van der Waals surface area contributed by atoms with Crippen LogP contribution < -0.4 is 14.8 Å². The van der Waals surface area contributed by atoms with Gasteiger partial charge in [0, 0.05) is 12.5 Å². The third-order valence-corrected chi connectivity index (χ3v) is 4.30. The van der Waals surface area contributed by atoms with Crippen LogP contribution in [0.15, 0.2) is 12.1 Å². The normalized spacial score (nSPS) is 15.0. The van der Waals surface area contributed by atoms with Gasteiger partial charge in [0.25, 0.3) is 0 Å². The first-order valence-electron chi connectivity index (χ1n) is 7.35. The summed E-state index contributed by atoms with van der Waals surface area (Å²) in [5, 5.41) is 3.32. The lowest BCUT2D eigenvalue weighted by Gasteiger charge is -2.14. The Morgan fingerprint density at radius 2 is 1.90 bits per heavy atom. The van der Waals surface area contributed by atoms with Gasteiger partial charge in [-0.25, -0.2) is 0 Å². The quantitative estimate of drug-likeness (QED) is 0.853. The van der Waals surface area contributed by atoms with E-state index in [1.165, 1.54) is 25.7 Å². The Bertz CT molecular complexity index is 499. The number of benzene rings is 1. The van der Waals surface area contributed by atoms with Crippen molar-refractivity contribution in [1.82, 2.24) is 0 Å². The molecule has 116 valence electrons. The summed E-state index contributed by atoms with van der Waals surface area (Å²) in [5.74, 6) is 1.78. The Labute approximate surface area is 130 Å². The second-order valence-corrected chi connectivity index (χ2v) is 5.83. The molecule has 0 unspecified atom stereocenters. The number of halogens is 1. The molecular formula is C16H22ClNO3. The van der Waals surface area contributed by atoms with E-state index in [1.54, 1.807) is 26.4 Å². The molecule has 1 aliphatic rings. The van der Waals surface area contributed by atoms with E-state index in [0.29, 0.717) is 34.5 Å². The maximum atomic E-state index is 12.1. The molecule has 1 aliphatic carbocycles. The fourth-order valence-corrected chi connectivity index (χ4v) is 3.05. The Morgan fingerprint density at radius 3 is 2.52 bits per heavy atom. The lowest BCUT2D eigenvalue weighted by molar-refractivity contribution is -0.116. The van der Waals surface area contributed by atoms with Crippen molar-refractivity contribution in [2.45, 2.75) is 38.5 Å². The first kappa shape index (κ1) is 16.0. The zero-order valence-corrected chi connectivity index (χ0v) is 13.3. The molecule has 1 amide bonds. The molecule has 21 heavy (non-hydrogen) atoms. The van der Waals surface area contributed by atoms with Gasteiger partial charge in [-0.05, 0) is 18.4 Å². The third-order valence-electron chi connectivity index (χ3n) is 4.00. The molecule has 1 saturated carbocycles. The number of nitrogens with one attached hydrogen (secondary N) is 1. The maximum Gasteiger partial charge on any atom is 0.224 e. The smallest absolute Gasteiger partial charge is 0.224 e. The second-order valence-electron chi connectivity index (χ2n) is 5.42. The van der Waals surface area contributed by atoms with Crippen LogP contribution in [0.2, 0.25) is 5.02 Å². The van der Waals surface area contributed by atoms with Gasteiger partial charge < -0.3 is 14.8 Å². The standard InChI is InChI=1S/C16H22ClNO3/c1-20-14-10-15(21-2)13(9-12(14)17)18-16(19)8-7-11-5-3-4-6-11/h9-11H,3-8H2,1-2H3,(H,18,19). The molecule has 0 aromatic heterocycles. The minimum absolute atomic E-state index is 0.00133. The van der Waals surface area contributed by atoms with E-state index >= 15 is 0 Å². The van der Waals surface area contributed by atoms with Crippen LogP contribution in [0.4, 0.5) is 5.69 Å². The van der Waals surface area contributed by atoms with Gasteiger partial charge in [0.15, 0.2) is 0 Å². The van der Waals surface area contributed by atoms with Crippen LogP contribution in [-0.4, -0.2) is 20.1 Å². The van der Waals surface area contributed by atoms with E-state index in [4.69, 9.17) is 21.1 Å². The summed E-state index contributed by atoms with van der Waals surface area (Å²) >= 11 is 6.09. The molecule has 0 spiro atoms. The summed E-state index contributed by atoms with van der Waals surface area (Å²) in [5.41, 5.74) is 0.583. The molecule has 1 N–H and O–H groups in total. The molecule has 1 aromatic carbocycles. The van der Waals surface area contributed by atoms with Gasteiger partial charge in [-0.2, -0.15) is 0 Å². The highest BCUT2D eigenvalue weighted by molar-refractivity contribution is 6.32. The van der Waals surface area contributed by atoms with Crippen molar-refractivity contribution >= 4 is 23.2 Å². The van der Waals surface area contributed by atoms with Crippen molar-refractivity contribution in [1.29, 1.82) is 0 Å². The number of carbonyl (C=O) groups is 1. The first-order chi connectivity index (χ1) is 10.1. The fourth-order valence-electron chi connectivity index (χ4n) is 2.80. The Balaban J connectivity index is 1.97. The van der Waals surface area contributed by atoms with Crippen LogP contribution in [0.25, 0.3) is 0 Å². The number of hydrogen-bond donors (Lipinski definition) is 1. The zero-order chi connectivity index (χ0) is 15.2. The predicted molar refractivity (Wildman–Crippen MR) is 84.4 cm³/mol. The van der Waals surface area contributed by atoms with Crippen LogP contribution in [0.5, 0.6) is 11.5 Å². The highest BCUT2D eigenvalue weighted by Crippen LogP contribution is 2.36. The maximum absolute atomic E-state index is 12.1. The van der Waals surface area contributed by atoms with E-state index in [9.17, 15) is 4.79 Å². The predicted octanol–water partition coefficient (Wildman–Crippen LogP) is 4.27. The van der Waals surface area contributed by atoms with Crippen LogP contribution in [0.3, 0.4) is 0 Å². The molecule has 0 saturated heterocycles. The fraction of sp³-hybridized carbons (Fsp3) is 0.562. The lowest BCUT2D eigenvalue weighted by Crippen LogP contribution is -2.13. The van der Waals surface area contributed by atoms with Crippen LogP contribution in [-0.2, 0) is 4.79 Å². The van der Waals surface area contributed by atoms with E-state index < -0.39 is 0 Å². The molecule has 0 radical (unpaired) electrons. The summed E-state index contributed by atoms with van der Waals surface area (Å²) in [6.07, 6.45) is 6.60. The van der Waals surface area contributed by atoms with Crippen molar-refractivity contribution in [2.75, 3.05) is 19.5 Å². The number of anilines is 1. The highest BCUT2D eigenvalue weighted by atomic mass is 35.5. The molecule has 0 heterocycles. The van der Waals surface area contributed by atoms with Gasteiger partial charge in [0.2, 0.25) is 5.91 Å². The summed E-state index contributed by atoms with van der Waals surface area (Å²) in [6.45, 7) is 0. The lowest BCUT2D eigenvalue weighted by atomic mass is 10.0. The molecular weight excluding hydrogens is 290 g/mol. The minimum Gasteiger partial charge on any atom is -0.495 e. The number of amides is 1. The average molecular weight is 312 g/mol. The largest absolute Gasteiger partial charge is 0.495 e. The number of rotatable bonds is 6. The number of carbonyl (C=O) groups excluding carboxylic acids is 1. The molecule has 0 bridgehead atoms. The van der Waals surface area contributed by atoms with Gasteiger partial charge in [-0.3, -0.25) is 4.79 Å². The minimum atomic E-state index is 0.00133. The van der Waals surface area contributed by atoms with Crippen molar-refractivity contribution in [2.24, 2.45) is 5.92 Å². The molecule has 1 fully saturated rings. The van der Waals surface area contributed by atoms with E-state index in [2.05, 4.69) is 5.32 Å². The van der Waals surface area contributed by atoms with Gasteiger partial charge in [-0.1, -0.05) is 37.3 Å². The van der Waals surface area contributed by atoms with Gasteiger partial charge in [0.05, 0.1) is 24.9 Å². The molecule has 1 aromatic rings. The van der Waals surface area contributed by atoms with E-state index in [1.807, 2.05) is 0 Å². The monoisotopic (exact) mass is 311 g/mol.